The zero-order valence-corrected chi connectivity index (χ0v) is 14.7. The maximum absolute atomic E-state index is 13.1. The second-order valence-corrected chi connectivity index (χ2v) is 6.23. The summed E-state index contributed by atoms with van der Waals surface area (Å²) < 4.78 is 1.19. The van der Waals surface area contributed by atoms with Crippen molar-refractivity contribution < 1.29 is 14.6 Å². The number of amidine groups is 1. The molecule has 0 unspecified atom stereocenters. The van der Waals surface area contributed by atoms with E-state index in [1.54, 1.807) is 12.1 Å². The van der Waals surface area contributed by atoms with Crippen molar-refractivity contribution in [1.29, 1.82) is 0 Å². The number of benzene rings is 3. The van der Waals surface area contributed by atoms with Crippen LogP contribution in [-0.2, 0) is 0 Å². The molecule has 4 rings (SSSR count). The molecule has 1 heterocycles. The van der Waals surface area contributed by atoms with E-state index < -0.39 is 12.1 Å². The third-order valence-electron chi connectivity index (χ3n) is 4.35. The fraction of sp³-hybridized carbons (Fsp3) is 0.0455. The van der Waals surface area contributed by atoms with Crippen molar-refractivity contribution in [2.45, 2.75) is 6.92 Å². The van der Waals surface area contributed by atoms with Gasteiger partial charge in [0.2, 0.25) is 6.02 Å². The molecule has 0 radical (unpaired) electrons. The van der Waals surface area contributed by atoms with Gasteiger partial charge in [0.25, 0.3) is 0 Å². The molecule has 0 aromatic heterocycles. The summed E-state index contributed by atoms with van der Waals surface area (Å²) in [6.07, 6.45) is 0. The molecular weight excluding hydrogens is 338 g/mol. The summed E-state index contributed by atoms with van der Waals surface area (Å²) >= 11 is 0. The molecule has 0 saturated heterocycles. The highest BCUT2D eigenvalue weighted by Gasteiger charge is 2.39. The lowest BCUT2D eigenvalue weighted by atomic mass is 10.0. The minimum Gasteiger partial charge on any atom is -0.824 e. The van der Waals surface area contributed by atoms with Crippen LogP contribution in [0.15, 0.2) is 90.0 Å². The zero-order valence-electron chi connectivity index (χ0n) is 14.7. The predicted octanol–water partition coefficient (Wildman–Crippen LogP) is 3.12. The first-order valence-electron chi connectivity index (χ1n) is 8.59. The number of hydrogen-bond donors (Lipinski definition) is 0. The number of rotatable bonds is 3. The van der Waals surface area contributed by atoms with E-state index in [9.17, 15) is 9.90 Å². The van der Waals surface area contributed by atoms with Crippen LogP contribution in [0.1, 0.15) is 16.7 Å². The molecule has 0 bridgehead atoms. The van der Waals surface area contributed by atoms with Gasteiger partial charge in [0.1, 0.15) is 5.69 Å². The first-order chi connectivity index (χ1) is 13.1. The number of urea groups is 1. The van der Waals surface area contributed by atoms with Crippen LogP contribution in [0.3, 0.4) is 0 Å². The second-order valence-electron chi connectivity index (χ2n) is 6.23. The molecule has 3 aromatic rings. The number of carbonyl (C=O) groups excluding carboxylic acids is 1. The highest BCUT2D eigenvalue weighted by atomic mass is 16.3. The third kappa shape index (κ3) is 3.11. The number of anilines is 1. The quantitative estimate of drug-likeness (QED) is 0.678. The van der Waals surface area contributed by atoms with Crippen molar-refractivity contribution in [3.05, 3.63) is 102 Å². The Morgan fingerprint density at radius 2 is 1.37 bits per heavy atom. The van der Waals surface area contributed by atoms with Crippen molar-refractivity contribution in [2.24, 2.45) is 5.10 Å². The third-order valence-corrected chi connectivity index (χ3v) is 4.35. The number of amides is 2. The molecule has 0 spiro atoms. The fourth-order valence-corrected chi connectivity index (χ4v) is 3.01. The normalized spacial score (nSPS) is 13.7. The first-order valence-corrected chi connectivity index (χ1v) is 8.59. The molecule has 3 aromatic carbocycles. The lowest BCUT2D eigenvalue weighted by molar-refractivity contribution is -0.427. The van der Waals surface area contributed by atoms with E-state index in [2.05, 4.69) is 5.10 Å². The SMILES string of the molecule is Cc1ccc(N2C(=O)[N+](=C(c3ccccc3)c3ccccc3)N=C2[O-])cc1. The van der Waals surface area contributed by atoms with Crippen LogP contribution >= 0.6 is 0 Å². The predicted molar refractivity (Wildman–Crippen MR) is 103 cm³/mol. The van der Waals surface area contributed by atoms with E-state index >= 15 is 0 Å². The van der Waals surface area contributed by atoms with Gasteiger partial charge in [-0.1, -0.05) is 83.0 Å². The summed E-state index contributed by atoms with van der Waals surface area (Å²) in [4.78, 5) is 14.2. The van der Waals surface area contributed by atoms with Crippen molar-refractivity contribution in [3.8, 4) is 0 Å². The summed E-state index contributed by atoms with van der Waals surface area (Å²) in [7, 11) is 0. The van der Waals surface area contributed by atoms with Crippen LogP contribution in [0.5, 0.6) is 0 Å². The minimum absolute atomic E-state index is 0.494. The molecule has 0 aliphatic carbocycles. The highest BCUT2D eigenvalue weighted by Crippen LogP contribution is 2.21. The number of carbonyl (C=O) groups is 1. The Hall–Kier alpha value is -3.73. The summed E-state index contributed by atoms with van der Waals surface area (Å²) in [6, 6.07) is 25.0. The van der Waals surface area contributed by atoms with Crippen molar-refractivity contribution in [2.75, 3.05) is 4.90 Å². The Balaban J connectivity index is 1.88. The van der Waals surface area contributed by atoms with E-state index in [0.29, 0.717) is 11.4 Å². The van der Waals surface area contributed by atoms with Crippen molar-refractivity contribution in [3.63, 3.8) is 0 Å². The van der Waals surface area contributed by atoms with Crippen LogP contribution in [0.25, 0.3) is 0 Å². The monoisotopic (exact) mass is 355 g/mol. The molecule has 27 heavy (non-hydrogen) atoms. The Bertz CT molecular complexity index is 998. The van der Waals surface area contributed by atoms with E-state index in [0.717, 1.165) is 21.6 Å². The summed E-state index contributed by atoms with van der Waals surface area (Å²) in [5.74, 6) is 0. The van der Waals surface area contributed by atoms with Crippen molar-refractivity contribution >= 4 is 23.5 Å². The molecule has 0 saturated carbocycles. The maximum atomic E-state index is 13.1. The molecule has 132 valence electrons. The summed E-state index contributed by atoms with van der Waals surface area (Å²) in [6.45, 7) is 1.95. The van der Waals surface area contributed by atoms with Gasteiger partial charge in [-0.05, 0) is 24.2 Å². The van der Waals surface area contributed by atoms with E-state index in [4.69, 9.17) is 0 Å². The van der Waals surface area contributed by atoms with Gasteiger partial charge >= 0.3 is 6.03 Å². The van der Waals surface area contributed by atoms with Gasteiger partial charge < -0.3 is 5.11 Å². The minimum atomic E-state index is -0.604. The van der Waals surface area contributed by atoms with Gasteiger partial charge in [-0.25, -0.2) is 0 Å². The van der Waals surface area contributed by atoms with Crippen LogP contribution < -0.4 is 10.0 Å². The number of nitrogens with zero attached hydrogens (tertiary/aromatic N) is 3. The highest BCUT2D eigenvalue weighted by molar-refractivity contribution is 6.17. The summed E-state index contributed by atoms with van der Waals surface area (Å²) in [5, 5.41) is 16.6. The van der Waals surface area contributed by atoms with Gasteiger partial charge in [-0.3, -0.25) is 0 Å². The molecular formula is C22H17N3O2. The molecule has 1 aliphatic rings. The zero-order chi connectivity index (χ0) is 18.8. The van der Waals surface area contributed by atoms with E-state index in [-0.39, 0.29) is 0 Å². The number of hydrazone groups is 1. The average Bonchev–Trinajstić information content (AvgIpc) is 2.99. The smallest absolute Gasteiger partial charge is 0.530 e. The first kappa shape index (κ1) is 16.7. The van der Waals surface area contributed by atoms with Gasteiger partial charge in [0.05, 0.1) is 0 Å². The molecule has 0 fully saturated rings. The lowest BCUT2D eigenvalue weighted by Gasteiger charge is -2.11. The van der Waals surface area contributed by atoms with Gasteiger partial charge in [-0.2, -0.15) is 4.79 Å². The Labute approximate surface area is 157 Å². The molecule has 2 amide bonds. The standard InChI is InChI=1S/C22H17N3O2/c1-16-12-14-19(15-13-16)24-21(26)23-25(22(24)27)20(17-8-4-2-5-9-17)18-10-6-3-7-11-18/h2-15H,1H3. The Morgan fingerprint density at radius 3 is 1.89 bits per heavy atom. The average molecular weight is 355 g/mol. The van der Waals surface area contributed by atoms with E-state index in [1.807, 2.05) is 79.7 Å². The van der Waals surface area contributed by atoms with E-state index in [1.165, 1.54) is 4.68 Å². The molecule has 1 aliphatic heterocycles. The largest absolute Gasteiger partial charge is 0.824 e. The maximum Gasteiger partial charge on any atom is 0.530 e. The molecule has 5 nitrogen and oxygen atoms in total. The topological polar surface area (TPSA) is 58.7 Å². The summed E-state index contributed by atoms with van der Waals surface area (Å²) in [5.41, 5.74) is 3.73. The molecule has 5 heteroatoms. The van der Waals surface area contributed by atoms with Crippen LogP contribution in [0, 0.1) is 6.92 Å². The fourth-order valence-electron chi connectivity index (χ4n) is 3.01. The van der Waals surface area contributed by atoms with Crippen LogP contribution in [0.4, 0.5) is 10.5 Å². The van der Waals surface area contributed by atoms with Gasteiger partial charge in [0, 0.05) is 11.1 Å². The van der Waals surface area contributed by atoms with Crippen molar-refractivity contribution in [1.82, 2.24) is 0 Å². The van der Waals surface area contributed by atoms with Crippen LogP contribution in [0.2, 0.25) is 0 Å². The number of hydrogen-bond acceptors (Lipinski definition) is 3. The Kier molecular flexibility index (Phi) is 4.26. The second kappa shape index (κ2) is 6.88. The number of aryl methyl sites for hydroxylation is 1. The van der Waals surface area contributed by atoms with Crippen LogP contribution in [-0.4, -0.2) is 22.4 Å². The Morgan fingerprint density at radius 1 is 0.852 bits per heavy atom. The molecule has 0 N–H and O–H groups in total. The lowest BCUT2D eigenvalue weighted by Crippen LogP contribution is -2.41. The molecule has 0 atom stereocenters. The van der Waals surface area contributed by atoms with Gasteiger partial charge in [-0.15, -0.1) is 4.90 Å². The van der Waals surface area contributed by atoms with Gasteiger partial charge in [0.15, 0.2) is 5.71 Å².